The van der Waals surface area contributed by atoms with Crippen LogP contribution < -0.4 is 15.4 Å². The van der Waals surface area contributed by atoms with Gasteiger partial charge in [0.1, 0.15) is 11.8 Å². The molecule has 4 aromatic rings. The van der Waals surface area contributed by atoms with Gasteiger partial charge in [0.05, 0.1) is 12.1 Å². The lowest BCUT2D eigenvalue weighted by Crippen LogP contribution is -2.50. The molecule has 0 unspecified atom stereocenters. The molecule has 0 radical (unpaired) electrons. The first-order valence-electron chi connectivity index (χ1n) is 15.7. The molecule has 1 heterocycles. The standard InChI is InChI=1S/C37H45N3O6/c1-24(2)35(40-33(43)18-19-34(40)44)37(45)38-29(20-27-14-7-5-8-15-27)22-31(41)30(21-28-16-9-6-10-17-28)39-32(42)23-46-36-25(3)12-11-13-26(36)4/h5-19,24,29-31,35,41,43-44H,20-23H2,1-4H3,(H,38,45)(H,39,42)/t29-,30-,31-,35-/m0/s1. The number of benzene rings is 3. The first-order chi connectivity index (χ1) is 22.0. The highest BCUT2D eigenvalue weighted by molar-refractivity contribution is 5.81. The molecule has 0 aliphatic carbocycles. The highest BCUT2D eigenvalue weighted by Crippen LogP contribution is 2.31. The molecule has 46 heavy (non-hydrogen) atoms. The Bertz CT molecular complexity index is 1530. The Morgan fingerprint density at radius 1 is 0.761 bits per heavy atom. The molecule has 0 spiro atoms. The van der Waals surface area contributed by atoms with Crippen molar-refractivity contribution in [3.63, 3.8) is 0 Å². The number of hydrogen-bond acceptors (Lipinski definition) is 6. The number of aliphatic hydroxyl groups excluding tert-OH is 1. The van der Waals surface area contributed by atoms with Crippen LogP contribution in [0.1, 0.15) is 48.6 Å². The van der Waals surface area contributed by atoms with E-state index in [1.54, 1.807) is 0 Å². The van der Waals surface area contributed by atoms with E-state index in [9.17, 15) is 24.9 Å². The van der Waals surface area contributed by atoms with Crippen molar-refractivity contribution < 1.29 is 29.6 Å². The quantitative estimate of drug-likeness (QED) is 0.126. The zero-order chi connectivity index (χ0) is 33.2. The predicted octanol–water partition coefficient (Wildman–Crippen LogP) is 5.00. The number of aryl methyl sites for hydroxylation is 2. The lowest BCUT2D eigenvalue weighted by Gasteiger charge is -2.30. The number of para-hydroxylation sites is 1. The zero-order valence-electron chi connectivity index (χ0n) is 26.9. The van der Waals surface area contributed by atoms with Gasteiger partial charge in [-0.05, 0) is 61.3 Å². The minimum absolute atomic E-state index is 0.130. The minimum Gasteiger partial charge on any atom is -0.494 e. The van der Waals surface area contributed by atoms with E-state index in [0.29, 0.717) is 18.6 Å². The normalized spacial score (nSPS) is 13.9. The summed E-state index contributed by atoms with van der Waals surface area (Å²) in [5.74, 6) is -0.837. The van der Waals surface area contributed by atoms with Crippen LogP contribution in [0.25, 0.3) is 0 Å². The van der Waals surface area contributed by atoms with Crippen LogP contribution in [0.5, 0.6) is 17.5 Å². The fraction of sp³-hybridized carbons (Fsp3) is 0.351. The topological polar surface area (TPSA) is 133 Å². The van der Waals surface area contributed by atoms with E-state index < -0.39 is 30.1 Å². The summed E-state index contributed by atoms with van der Waals surface area (Å²) < 4.78 is 7.08. The second-order valence-electron chi connectivity index (χ2n) is 12.2. The summed E-state index contributed by atoms with van der Waals surface area (Å²) in [5.41, 5.74) is 3.74. The van der Waals surface area contributed by atoms with Gasteiger partial charge in [-0.25, -0.2) is 0 Å². The van der Waals surface area contributed by atoms with Gasteiger partial charge in [-0.3, -0.25) is 14.2 Å². The molecule has 0 aliphatic heterocycles. The molecule has 4 atom stereocenters. The van der Waals surface area contributed by atoms with Gasteiger partial charge in [0.25, 0.3) is 5.91 Å². The molecule has 0 fully saturated rings. The van der Waals surface area contributed by atoms with Crippen molar-refractivity contribution in [1.29, 1.82) is 0 Å². The molecule has 5 N–H and O–H groups in total. The van der Waals surface area contributed by atoms with Crippen molar-refractivity contribution in [3.8, 4) is 17.5 Å². The average molecular weight is 628 g/mol. The molecule has 2 amide bonds. The second-order valence-corrected chi connectivity index (χ2v) is 12.2. The van der Waals surface area contributed by atoms with Crippen LogP contribution >= 0.6 is 0 Å². The molecule has 0 aliphatic rings. The number of amides is 2. The van der Waals surface area contributed by atoms with Crippen molar-refractivity contribution in [2.75, 3.05) is 6.61 Å². The molecule has 9 heteroatoms. The summed E-state index contributed by atoms with van der Waals surface area (Å²) in [6.45, 7) is 7.29. The molecule has 0 bridgehead atoms. The molecule has 244 valence electrons. The predicted molar refractivity (Wildman–Crippen MR) is 178 cm³/mol. The fourth-order valence-corrected chi connectivity index (χ4v) is 5.83. The first kappa shape index (κ1) is 34.1. The summed E-state index contributed by atoms with van der Waals surface area (Å²) >= 11 is 0. The zero-order valence-corrected chi connectivity index (χ0v) is 26.9. The van der Waals surface area contributed by atoms with Gasteiger partial charge < -0.3 is 30.7 Å². The van der Waals surface area contributed by atoms with Crippen molar-refractivity contribution in [2.24, 2.45) is 5.92 Å². The van der Waals surface area contributed by atoms with Gasteiger partial charge in [-0.1, -0.05) is 92.7 Å². The summed E-state index contributed by atoms with van der Waals surface area (Å²) in [6, 6.07) is 25.6. The van der Waals surface area contributed by atoms with E-state index in [2.05, 4.69) is 10.6 Å². The summed E-state index contributed by atoms with van der Waals surface area (Å²) in [6.07, 6.45) is -0.128. The average Bonchev–Trinajstić information content (AvgIpc) is 3.34. The van der Waals surface area contributed by atoms with Gasteiger partial charge in [-0.15, -0.1) is 0 Å². The second kappa shape index (κ2) is 16.0. The Balaban J connectivity index is 1.55. The van der Waals surface area contributed by atoms with Gasteiger partial charge in [0.15, 0.2) is 18.4 Å². The molecule has 3 aromatic carbocycles. The molecule has 9 nitrogen and oxygen atoms in total. The maximum atomic E-state index is 13.8. The SMILES string of the molecule is Cc1cccc(C)c1OCC(=O)N[C@@H](Cc1ccccc1)[C@@H](O)C[C@H](Cc1ccccc1)NC(=O)[C@H](C(C)C)n1c(O)ccc1O. The number of aromatic nitrogens is 1. The third-order valence-electron chi connectivity index (χ3n) is 8.12. The number of rotatable bonds is 15. The maximum Gasteiger partial charge on any atom is 0.258 e. The number of nitrogens with zero attached hydrogens (tertiary/aromatic N) is 1. The van der Waals surface area contributed by atoms with E-state index in [1.165, 1.54) is 16.7 Å². The lowest BCUT2D eigenvalue weighted by molar-refractivity contribution is -0.127. The van der Waals surface area contributed by atoms with E-state index in [1.807, 2.05) is 107 Å². The summed E-state index contributed by atoms with van der Waals surface area (Å²) in [4.78, 5) is 27.0. The Morgan fingerprint density at radius 3 is 1.85 bits per heavy atom. The lowest BCUT2D eigenvalue weighted by atomic mass is 9.93. The fourth-order valence-electron chi connectivity index (χ4n) is 5.83. The number of ether oxygens (including phenoxy) is 1. The van der Waals surface area contributed by atoms with E-state index in [-0.39, 0.29) is 36.6 Å². The molecule has 4 rings (SSSR count). The van der Waals surface area contributed by atoms with Crippen LogP contribution in [-0.2, 0) is 22.4 Å². The molecular formula is C37H45N3O6. The maximum absolute atomic E-state index is 13.8. The van der Waals surface area contributed by atoms with Crippen LogP contribution in [0.15, 0.2) is 91.0 Å². The van der Waals surface area contributed by atoms with Crippen LogP contribution in [0.4, 0.5) is 0 Å². The van der Waals surface area contributed by atoms with Crippen molar-refractivity contribution in [1.82, 2.24) is 15.2 Å². The number of aliphatic hydroxyl groups is 1. The number of carbonyl (C=O) groups is 2. The largest absolute Gasteiger partial charge is 0.494 e. The van der Waals surface area contributed by atoms with Gasteiger partial charge in [-0.2, -0.15) is 0 Å². The Kier molecular flexibility index (Phi) is 11.9. The van der Waals surface area contributed by atoms with E-state index in [4.69, 9.17) is 4.74 Å². The van der Waals surface area contributed by atoms with E-state index >= 15 is 0 Å². The third-order valence-corrected chi connectivity index (χ3v) is 8.12. The number of aromatic hydroxyl groups is 2. The van der Waals surface area contributed by atoms with Crippen LogP contribution in [0.3, 0.4) is 0 Å². The van der Waals surface area contributed by atoms with E-state index in [0.717, 1.165) is 22.3 Å². The highest BCUT2D eigenvalue weighted by atomic mass is 16.5. The molecule has 0 saturated heterocycles. The van der Waals surface area contributed by atoms with Crippen molar-refractivity contribution in [2.45, 2.75) is 71.2 Å². The molecular weight excluding hydrogens is 582 g/mol. The van der Waals surface area contributed by atoms with Crippen LogP contribution in [-0.4, -0.2) is 56.5 Å². The van der Waals surface area contributed by atoms with Crippen LogP contribution in [0, 0.1) is 19.8 Å². The Morgan fingerprint density at radius 2 is 1.30 bits per heavy atom. The summed E-state index contributed by atoms with van der Waals surface area (Å²) in [7, 11) is 0. The molecule has 1 aromatic heterocycles. The van der Waals surface area contributed by atoms with Gasteiger partial charge in [0, 0.05) is 18.2 Å². The Hall–Kier alpha value is -4.76. The number of nitrogens with one attached hydrogen (secondary N) is 2. The van der Waals surface area contributed by atoms with Crippen molar-refractivity contribution in [3.05, 3.63) is 113 Å². The first-order valence-corrected chi connectivity index (χ1v) is 15.7. The molecule has 0 saturated carbocycles. The highest BCUT2D eigenvalue weighted by Gasteiger charge is 2.32. The summed E-state index contributed by atoms with van der Waals surface area (Å²) in [5, 5.41) is 38.5. The number of hydrogen-bond donors (Lipinski definition) is 5. The van der Waals surface area contributed by atoms with Crippen molar-refractivity contribution >= 4 is 11.8 Å². The monoisotopic (exact) mass is 627 g/mol. The number of carbonyl (C=O) groups excluding carboxylic acids is 2. The van der Waals surface area contributed by atoms with Gasteiger partial charge >= 0.3 is 0 Å². The van der Waals surface area contributed by atoms with Crippen LogP contribution in [0.2, 0.25) is 0 Å². The van der Waals surface area contributed by atoms with Gasteiger partial charge in [0.2, 0.25) is 5.91 Å². The Labute approximate surface area is 270 Å². The third kappa shape index (κ3) is 9.14. The smallest absolute Gasteiger partial charge is 0.258 e. The minimum atomic E-state index is -1.04.